The molecule has 0 amide bonds. The predicted octanol–water partition coefficient (Wildman–Crippen LogP) is 3.13. The Kier molecular flexibility index (Phi) is 4.04. The van der Waals surface area contributed by atoms with Gasteiger partial charge in [-0.15, -0.1) is 0 Å². The van der Waals surface area contributed by atoms with E-state index in [9.17, 15) is 0 Å². The first kappa shape index (κ1) is 14.6. The Morgan fingerprint density at radius 1 is 1.43 bits per heavy atom. The van der Waals surface area contributed by atoms with Gasteiger partial charge in [-0.2, -0.15) is 5.10 Å². The van der Waals surface area contributed by atoms with Crippen molar-refractivity contribution in [2.24, 2.45) is 7.05 Å². The van der Waals surface area contributed by atoms with Crippen LogP contribution >= 0.6 is 11.6 Å². The van der Waals surface area contributed by atoms with Gasteiger partial charge in [-0.25, -0.2) is 0 Å². The van der Waals surface area contributed by atoms with Gasteiger partial charge in [0.05, 0.1) is 11.4 Å². The molecule has 5 nitrogen and oxygen atoms in total. The molecule has 2 aromatic heterocycles. The molecule has 2 aromatic rings. The quantitative estimate of drug-likeness (QED) is 0.822. The molecule has 1 saturated carbocycles. The molecule has 0 N–H and O–H groups in total. The summed E-state index contributed by atoms with van der Waals surface area (Å²) in [5.74, 6) is 1.64. The van der Waals surface area contributed by atoms with Crippen LogP contribution in [0.25, 0.3) is 0 Å². The maximum Gasteiger partial charge on any atom is 0.140 e. The Balaban J connectivity index is 1.66. The number of aryl methyl sites for hydroxylation is 2. The van der Waals surface area contributed by atoms with Crippen molar-refractivity contribution in [3.63, 3.8) is 0 Å². The largest absolute Gasteiger partial charge is 0.361 e. The number of halogens is 1. The van der Waals surface area contributed by atoms with Crippen LogP contribution in [0.4, 0.5) is 0 Å². The highest BCUT2D eigenvalue weighted by Crippen LogP contribution is 2.40. The molecule has 3 rings (SSSR count). The van der Waals surface area contributed by atoms with Crippen LogP contribution in [0.3, 0.4) is 0 Å². The van der Waals surface area contributed by atoms with E-state index in [1.165, 1.54) is 12.8 Å². The van der Waals surface area contributed by atoms with Gasteiger partial charge in [0.15, 0.2) is 0 Å². The summed E-state index contributed by atoms with van der Waals surface area (Å²) >= 11 is 6.33. The Morgan fingerprint density at radius 2 is 2.19 bits per heavy atom. The molecule has 1 fully saturated rings. The van der Waals surface area contributed by atoms with E-state index in [-0.39, 0.29) is 0 Å². The van der Waals surface area contributed by atoms with Crippen LogP contribution in [0.5, 0.6) is 0 Å². The normalized spacial score (nSPS) is 15.1. The van der Waals surface area contributed by atoms with Crippen LogP contribution < -0.4 is 0 Å². The lowest BCUT2D eigenvalue weighted by molar-refractivity contribution is 0.300. The van der Waals surface area contributed by atoms with Gasteiger partial charge in [-0.05, 0) is 26.3 Å². The Morgan fingerprint density at radius 3 is 2.86 bits per heavy atom. The van der Waals surface area contributed by atoms with E-state index in [4.69, 9.17) is 16.1 Å². The van der Waals surface area contributed by atoms with Gasteiger partial charge in [-0.3, -0.25) is 9.58 Å². The molecule has 0 bridgehead atoms. The molecular weight excluding hydrogens is 288 g/mol. The maximum atomic E-state index is 6.33. The molecule has 0 unspecified atom stereocenters. The summed E-state index contributed by atoms with van der Waals surface area (Å²) < 4.78 is 7.13. The molecule has 21 heavy (non-hydrogen) atoms. The van der Waals surface area contributed by atoms with Gasteiger partial charge < -0.3 is 4.52 Å². The average molecular weight is 309 g/mol. The minimum atomic E-state index is 0.607. The summed E-state index contributed by atoms with van der Waals surface area (Å²) in [7, 11) is 3.94. The lowest BCUT2D eigenvalue weighted by atomic mass is 10.2. The van der Waals surface area contributed by atoms with Crippen molar-refractivity contribution in [2.45, 2.75) is 45.2 Å². The van der Waals surface area contributed by atoms with Gasteiger partial charge >= 0.3 is 0 Å². The average Bonchev–Trinajstić information content (AvgIpc) is 3.16. The number of hydrogen-bond donors (Lipinski definition) is 0. The van der Waals surface area contributed by atoms with E-state index in [0.717, 1.165) is 47.4 Å². The second-order valence-corrected chi connectivity index (χ2v) is 6.22. The van der Waals surface area contributed by atoms with Crippen molar-refractivity contribution >= 4 is 11.6 Å². The zero-order chi connectivity index (χ0) is 15.0. The summed E-state index contributed by atoms with van der Waals surface area (Å²) in [5.41, 5.74) is 3.15. The summed E-state index contributed by atoms with van der Waals surface area (Å²) in [6.45, 7) is 3.62. The molecule has 0 atom stereocenters. The number of nitrogens with zero attached hydrogens (tertiary/aromatic N) is 4. The first-order valence-corrected chi connectivity index (χ1v) is 7.80. The van der Waals surface area contributed by atoms with E-state index < -0.39 is 0 Å². The molecular formula is C15H21ClN4O. The van der Waals surface area contributed by atoms with Gasteiger partial charge in [0, 0.05) is 37.7 Å². The number of rotatable bonds is 6. The molecule has 114 valence electrons. The van der Waals surface area contributed by atoms with E-state index in [1.54, 1.807) is 4.68 Å². The van der Waals surface area contributed by atoms with Gasteiger partial charge in [0.1, 0.15) is 10.9 Å². The first-order valence-electron chi connectivity index (χ1n) is 7.42. The molecule has 0 aliphatic heterocycles. The van der Waals surface area contributed by atoms with Crippen molar-refractivity contribution in [3.05, 3.63) is 33.9 Å². The van der Waals surface area contributed by atoms with Crippen molar-refractivity contribution in [1.82, 2.24) is 19.8 Å². The second kappa shape index (κ2) is 5.81. The molecule has 0 spiro atoms. The van der Waals surface area contributed by atoms with Crippen LogP contribution in [0.15, 0.2) is 10.6 Å². The van der Waals surface area contributed by atoms with E-state index in [0.29, 0.717) is 5.92 Å². The van der Waals surface area contributed by atoms with Crippen LogP contribution in [0.1, 0.15) is 48.4 Å². The van der Waals surface area contributed by atoms with Gasteiger partial charge in [-0.1, -0.05) is 23.7 Å². The fourth-order valence-corrected chi connectivity index (χ4v) is 2.81. The SMILES string of the molecule is CCc1nn(C)c(Cl)c1CN(C)Cc1cc(C2CC2)on1. The zero-order valence-electron chi connectivity index (χ0n) is 12.8. The third-order valence-corrected chi connectivity index (χ3v) is 4.38. The number of hydrogen-bond acceptors (Lipinski definition) is 4. The van der Waals surface area contributed by atoms with Crippen molar-refractivity contribution in [1.29, 1.82) is 0 Å². The second-order valence-electron chi connectivity index (χ2n) is 5.86. The summed E-state index contributed by atoms with van der Waals surface area (Å²) in [4.78, 5) is 2.19. The fraction of sp³-hybridized carbons (Fsp3) is 0.600. The predicted molar refractivity (Wildman–Crippen MR) is 81.2 cm³/mol. The third-order valence-electron chi connectivity index (χ3n) is 3.90. The highest BCUT2D eigenvalue weighted by molar-refractivity contribution is 6.30. The zero-order valence-corrected chi connectivity index (χ0v) is 13.5. The van der Waals surface area contributed by atoms with Crippen LogP contribution in [0.2, 0.25) is 5.15 Å². The van der Waals surface area contributed by atoms with Crippen molar-refractivity contribution < 1.29 is 4.52 Å². The van der Waals surface area contributed by atoms with E-state index in [1.807, 2.05) is 7.05 Å². The molecule has 0 saturated heterocycles. The van der Waals surface area contributed by atoms with Gasteiger partial charge in [0.25, 0.3) is 0 Å². The van der Waals surface area contributed by atoms with Crippen LogP contribution in [-0.4, -0.2) is 26.9 Å². The third kappa shape index (κ3) is 3.14. The highest BCUT2D eigenvalue weighted by atomic mass is 35.5. The number of aromatic nitrogens is 3. The maximum absolute atomic E-state index is 6.33. The van der Waals surface area contributed by atoms with Gasteiger partial charge in [0.2, 0.25) is 0 Å². The van der Waals surface area contributed by atoms with Crippen LogP contribution in [0, 0.1) is 0 Å². The summed E-state index contributed by atoms with van der Waals surface area (Å²) in [5, 5.41) is 9.33. The molecule has 2 heterocycles. The van der Waals surface area contributed by atoms with Crippen molar-refractivity contribution in [3.8, 4) is 0 Å². The van der Waals surface area contributed by atoms with Crippen LogP contribution in [-0.2, 0) is 26.6 Å². The topological polar surface area (TPSA) is 47.1 Å². The molecule has 0 radical (unpaired) electrons. The van der Waals surface area contributed by atoms with E-state index >= 15 is 0 Å². The Bertz CT molecular complexity index is 630. The summed E-state index contributed by atoms with van der Waals surface area (Å²) in [6, 6.07) is 2.08. The molecule has 0 aromatic carbocycles. The minimum Gasteiger partial charge on any atom is -0.361 e. The first-order chi connectivity index (χ1) is 10.1. The molecule has 1 aliphatic carbocycles. The lowest BCUT2D eigenvalue weighted by Gasteiger charge is -2.15. The Labute approximate surface area is 129 Å². The monoisotopic (exact) mass is 308 g/mol. The molecule has 6 heteroatoms. The van der Waals surface area contributed by atoms with E-state index in [2.05, 4.69) is 35.2 Å². The van der Waals surface area contributed by atoms with Crippen molar-refractivity contribution in [2.75, 3.05) is 7.05 Å². The molecule has 1 aliphatic rings. The standard InChI is InChI=1S/C15H21ClN4O/c1-4-13-12(15(16)20(3)17-13)9-19(2)8-11-7-14(21-18-11)10-5-6-10/h7,10H,4-6,8-9H2,1-3H3. The fourth-order valence-electron chi connectivity index (χ4n) is 2.61. The Hall–Kier alpha value is -1.33. The lowest BCUT2D eigenvalue weighted by Crippen LogP contribution is -2.18. The smallest absolute Gasteiger partial charge is 0.140 e. The highest BCUT2D eigenvalue weighted by Gasteiger charge is 2.28. The summed E-state index contributed by atoms with van der Waals surface area (Å²) in [6.07, 6.45) is 3.35. The minimum absolute atomic E-state index is 0.607.